The number of carboxylic acid groups (broad SMARTS) is 1. The van der Waals surface area contributed by atoms with Gasteiger partial charge in [0.05, 0.1) is 12.8 Å². The van der Waals surface area contributed by atoms with Crippen LogP contribution in [0.25, 0.3) is 11.1 Å². The number of oxazole rings is 1. The average molecular weight is 449 g/mol. The fourth-order valence-corrected chi connectivity index (χ4v) is 4.00. The molecule has 9 heteroatoms. The third-order valence-corrected chi connectivity index (χ3v) is 5.62. The molecule has 1 N–H and O–H groups in total. The van der Waals surface area contributed by atoms with Gasteiger partial charge in [0.1, 0.15) is 24.0 Å². The molecule has 0 fully saturated rings. The fourth-order valence-electron chi connectivity index (χ4n) is 4.00. The minimum Gasteiger partial charge on any atom is -0.493 e. The van der Waals surface area contributed by atoms with Crippen molar-refractivity contribution in [2.24, 2.45) is 0 Å². The maximum absolute atomic E-state index is 13.6. The fraction of sp³-hybridized carbons (Fsp3) is 0.208. The number of aromatic nitrogens is 2. The Morgan fingerprint density at radius 3 is 2.91 bits per heavy atom. The molecular weight excluding hydrogens is 429 g/mol. The van der Waals surface area contributed by atoms with Crippen molar-refractivity contribution in [2.45, 2.75) is 25.6 Å². The molecule has 3 heterocycles. The summed E-state index contributed by atoms with van der Waals surface area (Å²) in [6.07, 6.45) is 1.83. The highest BCUT2D eigenvalue weighted by Gasteiger charge is 2.36. The topological polar surface area (TPSA) is 97.9 Å². The standard InChI is InChI=1S/C24H20FN3O5/c1-31-20-8-5-14-12-28(24-27-18-7-6-15(25)10-21(18)33-24)19(23(29)30)11-17(14)22(20)32-13-16-4-2-3-9-26-16/h2-10,19H,11-13H2,1H3,(H,29,30)/t19-/m0/s1. The molecule has 2 aromatic carbocycles. The Balaban J connectivity index is 1.52. The van der Waals surface area contributed by atoms with Gasteiger partial charge in [-0.25, -0.2) is 9.18 Å². The highest BCUT2D eigenvalue weighted by atomic mass is 19.1. The molecule has 0 saturated heterocycles. The second-order valence-electron chi connectivity index (χ2n) is 7.64. The zero-order valence-electron chi connectivity index (χ0n) is 17.7. The Morgan fingerprint density at radius 2 is 2.15 bits per heavy atom. The lowest BCUT2D eigenvalue weighted by Crippen LogP contribution is -2.46. The van der Waals surface area contributed by atoms with E-state index in [0.717, 1.165) is 16.8 Å². The Bertz CT molecular complexity index is 1320. The minimum absolute atomic E-state index is 0.125. The lowest BCUT2D eigenvalue weighted by atomic mass is 9.93. The van der Waals surface area contributed by atoms with E-state index in [1.54, 1.807) is 17.2 Å². The Labute approximate surface area is 188 Å². The molecule has 0 spiro atoms. The summed E-state index contributed by atoms with van der Waals surface area (Å²) in [5.41, 5.74) is 3.06. The number of ether oxygens (including phenoxy) is 2. The van der Waals surface area contributed by atoms with Gasteiger partial charge in [-0.05, 0) is 35.9 Å². The van der Waals surface area contributed by atoms with Gasteiger partial charge in [0, 0.05) is 30.8 Å². The van der Waals surface area contributed by atoms with Crippen LogP contribution in [0.4, 0.5) is 10.4 Å². The first kappa shape index (κ1) is 20.7. The summed E-state index contributed by atoms with van der Waals surface area (Å²) >= 11 is 0. The van der Waals surface area contributed by atoms with Gasteiger partial charge in [-0.1, -0.05) is 12.1 Å². The maximum Gasteiger partial charge on any atom is 0.326 e. The van der Waals surface area contributed by atoms with E-state index in [9.17, 15) is 14.3 Å². The third kappa shape index (κ3) is 3.93. The summed E-state index contributed by atoms with van der Waals surface area (Å²) < 4.78 is 30.8. The van der Waals surface area contributed by atoms with E-state index in [1.165, 1.54) is 25.3 Å². The number of halogens is 1. The molecule has 0 amide bonds. The summed E-state index contributed by atoms with van der Waals surface area (Å²) in [6.45, 7) is 0.442. The van der Waals surface area contributed by atoms with Crippen LogP contribution in [0.1, 0.15) is 16.8 Å². The monoisotopic (exact) mass is 449 g/mol. The lowest BCUT2D eigenvalue weighted by Gasteiger charge is -2.34. The highest BCUT2D eigenvalue weighted by molar-refractivity contribution is 5.81. The smallest absolute Gasteiger partial charge is 0.326 e. The van der Waals surface area contributed by atoms with Gasteiger partial charge in [-0.2, -0.15) is 4.98 Å². The van der Waals surface area contributed by atoms with Crippen LogP contribution in [0.3, 0.4) is 0 Å². The van der Waals surface area contributed by atoms with Crippen LogP contribution < -0.4 is 14.4 Å². The molecule has 0 saturated carbocycles. The molecule has 5 rings (SSSR count). The Hall–Kier alpha value is -4.14. The summed E-state index contributed by atoms with van der Waals surface area (Å²) in [7, 11) is 1.54. The van der Waals surface area contributed by atoms with Crippen molar-refractivity contribution in [1.82, 2.24) is 9.97 Å². The minimum atomic E-state index is -1.03. The second-order valence-corrected chi connectivity index (χ2v) is 7.64. The molecule has 0 aliphatic carbocycles. The number of pyridine rings is 1. The van der Waals surface area contributed by atoms with E-state index in [4.69, 9.17) is 13.9 Å². The van der Waals surface area contributed by atoms with Crippen LogP contribution in [0, 0.1) is 5.82 Å². The van der Waals surface area contributed by atoms with Crippen molar-refractivity contribution in [3.8, 4) is 11.5 Å². The van der Waals surface area contributed by atoms with E-state index in [-0.39, 0.29) is 31.2 Å². The van der Waals surface area contributed by atoms with E-state index in [1.807, 2.05) is 24.3 Å². The van der Waals surface area contributed by atoms with Gasteiger partial charge in [0.25, 0.3) is 6.01 Å². The predicted molar refractivity (Wildman–Crippen MR) is 117 cm³/mol. The molecule has 0 bridgehead atoms. The molecule has 168 valence electrons. The Kier molecular flexibility index (Phi) is 5.29. The highest BCUT2D eigenvalue weighted by Crippen LogP contribution is 2.40. The van der Waals surface area contributed by atoms with Gasteiger partial charge in [-0.15, -0.1) is 0 Å². The number of aliphatic carboxylic acids is 1. The van der Waals surface area contributed by atoms with Crippen LogP contribution in [-0.4, -0.2) is 34.2 Å². The van der Waals surface area contributed by atoms with Gasteiger partial charge >= 0.3 is 5.97 Å². The van der Waals surface area contributed by atoms with Crippen LogP contribution >= 0.6 is 0 Å². The molecule has 33 heavy (non-hydrogen) atoms. The lowest BCUT2D eigenvalue weighted by molar-refractivity contribution is -0.138. The van der Waals surface area contributed by atoms with E-state index in [2.05, 4.69) is 9.97 Å². The molecule has 1 aliphatic rings. The SMILES string of the molecule is COc1ccc2c(c1OCc1ccccn1)C[C@@H](C(=O)O)N(c1nc3ccc(F)cc3o1)C2. The number of fused-ring (bicyclic) bond motifs is 2. The molecule has 2 aromatic heterocycles. The van der Waals surface area contributed by atoms with Crippen LogP contribution in [-0.2, 0) is 24.4 Å². The summed E-state index contributed by atoms with van der Waals surface area (Å²) in [5, 5.41) is 9.99. The van der Waals surface area contributed by atoms with Crippen molar-refractivity contribution in [3.05, 3.63) is 77.4 Å². The Morgan fingerprint density at radius 1 is 1.27 bits per heavy atom. The molecule has 4 aromatic rings. The van der Waals surface area contributed by atoms with E-state index in [0.29, 0.717) is 17.0 Å². The van der Waals surface area contributed by atoms with Gasteiger partial charge < -0.3 is 23.9 Å². The quantitative estimate of drug-likeness (QED) is 0.472. The van der Waals surface area contributed by atoms with E-state index >= 15 is 0 Å². The molecule has 1 atom stereocenters. The van der Waals surface area contributed by atoms with Crippen molar-refractivity contribution in [2.75, 3.05) is 12.0 Å². The first-order valence-corrected chi connectivity index (χ1v) is 10.3. The number of carboxylic acids is 1. The zero-order valence-corrected chi connectivity index (χ0v) is 17.7. The average Bonchev–Trinajstić information content (AvgIpc) is 3.25. The molecule has 0 radical (unpaired) electrons. The van der Waals surface area contributed by atoms with Crippen molar-refractivity contribution in [3.63, 3.8) is 0 Å². The van der Waals surface area contributed by atoms with E-state index < -0.39 is 17.8 Å². The van der Waals surface area contributed by atoms with Gasteiger partial charge in [0.15, 0.2) is 17.1 Å². The number of nitrogens with zero attached hydrogens (tertiary/aromatic N) is 3. The number of rotatable bonds is 6. The van der Waals surface area contributed by atoms with Gasteiger partial charge in [-0.3, -0.25) is 4.98 Å². The zero-order chi connectivity index (χ0) is 22.9. The summed E-state index contributed by atoms with van der Waals surface area (Å²) in [6, 6.07) is 12.4. The maximum atomic E-state index is 13.6. The number of hydrogen-bond donors (Lipinski definition) is 1. The largest absolute Gasteiger partial charge is 0.493 e. The first-order chi connectivity index (χ1) is 16.0. The summed E-state index contributed by atoms with van der Waals surface area (Å²) in [5.74, 6) is -0.482. The molecule has 1 aliphatic heterocycles. The van der Waals surface area contributed by atoms with Crippen molar-refractivity contribution < 1.29 is 28.2 Å². The van der Waals surface area contributed by atoms with Crippen molar-refractivity contribution in [1.29, 1.82) is 0 Å². The number of carbonyl (C=O) groups is 1. The molecule has 0 unspecified atom stereocenters. The number of hydrogen-bond acceptors (Lipinski definition) is 7. The number of methoxy groups -OCH3 is 1. The van der Waals surface area contributed by atoms with Crippen LogP contribution in [0.2, 0.25) is 0 Å². The predicted octanol–water partition coefficient (Wildman–Crippen LogP) is 3.97. The number of anilines is 1. The molecule has 8 nitrogen and oxygen atoms in total. The third-order valence-electron chi connectivity index (χ3n) is 5.62. The summed E-state index contributed by atoms with van der Waals surface area (Å²) in [4.78, 5) is 22.4. The van der Waals surface area contributed by atoms with Crippen LogP contribution in [0.5, 0.6) is 11.5 Å². The normalized spacial score (nSPS) is 15.3. The number of benzene rings is 2. The van der Waals surface area contributed by atoms with Gasteiger partial charge in [0.2, 0.25) is 0 Å². The van der Waals surface area contributed by atoms with Crippen molar-refractivity contribution >= 4 is 23.1 Å². The molecular formula is C24H20FN3O5. The second kappa shape index (κ2) is 8.42. The first-order valence-electron chi connectivity index (χ1n) is 10.3. The van der Waals surface area contributed by atoms with Crippen LogP contribution in [0.15, 0.2) is 59.1 Å².